The highest BCUT2D eigenvalue weighted by Crippen LogP contribution is 2.24. The predicted octanol–water partition coefficient (Wildman–Crippen LogP) is 3.82. The number of hydrogen-bond donors (Lipinski definition) is 1. The molecule has 0 unspecified atom stereocenters. The Morgan fingerprint density at radius 2 is 1.95 bits per heavy atom. The van der Waals surface area contributed by atoms with Crippen molar-refractivity contribution >= 4 is 23.2 Å². The lowest BCUT2D eigenvalue weighted by atomic mass is 10.0. The molecule has 19 heavy (non-hydrogen) atoms. The first-order chi connectivity index (χ1) is 9.04. The lowest BCUT2D eigenvalue weighted by molar-refractivity contribution is 0.0736. The Bertz CT molecular complexity index is 430. The maximum absolute atomic E-state index is 12.5. The minimum absolute atomic E-state index is 0.0330. The molecule has 0 heterocycles. The maximum Gasteiger partial charge on any atom is 0.255 e. The van der Waals surface area contributed by atoms with Gasteiger partial charge in [-0.25, -0.2) is 0 Å². The van der Waals surface area contributed by atoms with Gasteiger partial charge < -0.3 is 10.6 Å². The van der Waals surface area contributed by atoms with Gasteiger partial charge in [-0.2, -0.15) is 0 Å². The molecule has 0 aliphatic rings. The molecule has 0 saturated carbocycles. The van der Waals surface area contributed by atoms with Crippen LogP contribution in [0, 0.1) is 5.92 Å². The Labute approximate surface area is 120 Å². The zero-order valence-corrected chi connectivity index (χ0v) is 12.7. The summed E-state index contributed by atoms with van der Waals surface area (Å²) in [6, 6.07) is 5.20. The highest BCUT2D eigenvalue weighted by molar-refractivity contribution is 6.33. The van der Waals surface area contributed by atoms with Crippen LogP contribution in [0.3, 0.4) is 0 Å². The van der Waals surface area contributed by atoms with Crippen molar-refractivity contribution in [3.8, 4) is 0 Å². The van der Waals surface area contributed by atoms with Crippen LogP contribution in [0.5, 0.6) is 0 Å². The molecule has 0 aliphatic heterocycles. The number of hydrogen-bond acceptors (Lipinski definition) is 2. The number of carbonyl (C=O) groups is 1. The fourth-order valence-electron chi connectivity index (χ4n) is 2.11. The van der Waals surface area contributed by atoms with Crippen LogP contribution < -0.4 is 5.73 Å². The standard InChI is InChI=1S/C15H23ClN2O/c1-4-11(5-2)10-18(6-3)15(19)12-8-7-9-13(16)14(12)17/h7-9,11H,4-6,10,17H2,1-3H3. The molecule has 4 heteroatoms. The first kappa shape index (κ1) is 15.8. The molecule has 0 bridgehead atoms. The second-order valence-corrected chi connectivity index (χ2v) is 5.13. The molecule has 1 amide bonds. The lowest BCUT2D eigenvalue weighted by Gasteiger charge is -2.26. The molecule has 1 aromatic carbocycles. The number of benzene rings is 1. The molecule has 0 fully saturated rings. The van der Waals surface area contributed by atoms with Gasteiger partial charge in [0.1, 0.15) is 0 Å². The third-order valence-corrected chi connectivity index (χ3v) is 3.92. The fourth-order valence-corrected chi connectivity index (χ4v) is 2.28. The van der Waals surface area contributed by atoms with Crippen LogP contribution in [0.15, 0.2) is 18.2 Å². The third kappa shape index (κ3) is 3.87. The van der Waals surface area contributed by atoms with Crippen molar-refractivity contribution in [2.24, 2.45) is 5.92 Å². The van der Waals surface area contributed by atoms with Crippen molar-refractivity contribution in [3.63, 3.8) is 0 Å². The molecule has 106 valence electrons. The third-order valence-electron chi connectivity index (χ3n) is 3.59. The van der Waals surface area contributed by atoms with Crippen LogP contribution in [0.2, 0.25) is 5.02 Å². The van der Waals surface area contributed by atoms with Gasteiger partial charge in [-0.15, -0.1) is 0 Å². The second-order valence-electron chi connectivity index (χ2n) is 4.73. The Morgan fingerprint density at radius 1 is 1.32 bits per heavy atom. The van der Waals surface area contributed by atoms with E-state index in [4.69, 9.17) is 17.3 Å². The predicted molar refractivity (Wildman–Crippen MR) is 81.5 cm³/mol. The van der Waals surface area contributed by atoms with E-state index in [1.54, 1.807) is 18.2 Å². The van der Waals surface area contributed by atoms with Crippen molar-refractivity contribution in [2.45, 2.75) is 33.6 Å². The molecule has 0 atom stereocenters. The highest BCUT2D eigenvalue weighted by atomic mass is 35.5. The average Bonchev–Trinajstić information content (AvgIpc) is 2.43. The van der Waals surface area contributed by atoms with Crippen molar-refractivity contribution in [3.05, 3.63) is 28.8 Å². The summed E-state index contributed by atoms with van der Waals surface area (Å²) in [5.41, 5.74) is 6.77. The van der Waals surface area contributed by atoms with Gasteiger partial charge in [-0.05, 0) is 25.0 Å². The van der Waals surface area contributed by atoms with E-state index in [2.05, 4.69) is 13.8 Å². The molecule has 0 saturated heterocycles. The Hall–Kier alpha value is -1.22. The van der Waals surface area contributed by atoms with Gasteiger partial charge in [-0.3, -0.25) is 4.79 Å². The molecule has 2 N–H and O–H groups in total. The number of rotatable bonds is 6. The Balaban J connectivity index is 2.92. The zero-order chi connectivity index (χ0) is 14.4. The van der Waals surface area contributed by atoms with Crippen LogP contribution in [0.1, 0.15) is 44.0 Å². The molecule has 0 aliphatic carbocycles. The Kier molecular flexibility index (Phi) is 6.16. The van der Waals surface area contributed by atoms with Gasteiger partial charge in [-0.1, -0.05) is 44.4 Å². The van der Waals surface area contributed by atoms with Gasteiger partial charge in [0.15, 0.2) is 0 Å². The van der Waals surface area contributed by atoms with Crippen LogP contribution >= 0.6 is 11.6 Å². The van der Waals surface area contributed by atoms with Gasteiger partial charge in [0, 0.05) is 13.1 Å². The SMILES string of the molecule is CCC(CC)CN(CC)C(=O)c1cccc(Cl)c1N. The number of halogens is 1. The van der Waals surface area contributed by atoms with Crippen LogP contribution in [-0.4, -0.2) is 23.9 Å². The van der Waals surface area contributed by atoms with Crippen LogP contribution in [-0.2, 0) is 0 Å². The van der Waals surface area contributed by atoms with E-state index in [1.807, 2.05) is 11.8 Å². The number of anilines is 1. The summed E-state index contributed by atoms with van der Waals surface area (Å²) in [4.78, 5) is 14.4. The molecular formula is C15H23ClN2O. The first-order valence-corrected chi connectivity index (χ1v) is 7.26. The normalized spacial score (nSPS) is 10.8. The number of nitrogens with zero attached hydrogens (tertiary/aromatic N) is 1. The molecule has 0 spiro atoms. The van der Waals surface area contributed by atoms with Gasteiger partial charge >= 0.3 is 0 Å². The van der Waals surface area contributed by atoms with Gasteiger partial charge in [0.05, 0.1) is 16.3 Å². The van der Waals surface area contributed by atoms with Crippen LogP contribution in [0.25, 0.3) is 0 Å². The van der Waals surface area contributed by atoms with Gasteiger partial charge in [0.2, 0.25) is 0 Å². The number of amides is 1. The van der Waals surface area contributed by atoms with Crippen molar-refractivity contribution in [1.29, 1.82) is 0 Å². The average molecular weight is 283 g/mol. The van der Waals surface area contributed by atoms with E-state index >= 15 is 0 Å². The summed E-state index contributed by atoms with van der Waals surface area (Å²) in [6.45, 7) is 7.75. The smallest absolute Gasteiger partial charge is 0.255 e. The van der Waals surface area contributed by atoms with Crippen molar-refractivity contribution in [2.75, 3.05) is 18.8 Å². The fraction of sp³-hybridized carbons (Fsp3) is 0.533. The molecule has 1 rings (SSSR count). The summed E-state index contributed by atoms with van der Waals surface area (Å²) in [6.07, 6.45) is 2.15. The summed E-state index contributed by atoms with van der Waals surface area (Å²) < 4.78 is 0. The number of carbonyl (C=O) groups excluding carboxylic acids is 1. The van der Waals surface area contributed by atoms with Crippen molar-refractivity contribution < 1.29 is 4.79 Å². The van der Waals surface area contributed by atoms with E-state index in [0.717, 1.165) is 19.4 Å². The number of nitrogen functional groups attached to an aromatic ring is 1. The maximum atomic E-state index is 12.5. The molecular weight excluding hydrogens is 260 g/mol. The van der Waals surface area contributed by atoms with Crippen LogP contribution in [0.4, 0.5) is 5.69 Å². The number of nitrogens with two attached hydrogens (primary N) is 1. The molecule has 0 radical (unpaired) electrons. The van der Waals surface area contributed by atoms with E-state index in [9.17, 15) is 4.79 Å². The largest absolute Gasteiger partial charge is 0.397 e. The van der Waals surface area contributed by atoms with E-state index in [-0.39, 0.29) is 5.91 Å². The summed E-state index contributed by atoms with van der Waals surface area (Å²) in [5, 5.41) is 0.435. The zero-order valence-electron chi connectivity index (χ0n) is 11.9. The summed E-state index contributed by atoms with van der Waals surface area (Å²) in [5.74, 6) is 0.499. The minimum atomic E-state index is -0.0330. The quantitative estimate of drug-likeness (QED) is 0.806. The van der Waals surface area contributed by atoms with E-state index in [1.165, 1.54) is 0 Å². The topological polar surface area (TPSA) is 46.3 Å². The first-order valence-electron chi connectivity index (χ1n) is 6.88. The second kappa shape index (κ2) is 7.39. The monoisotopic (exact) mass is 282 g/mol. The molecule has 3 nitrogen and oxygen atoms in total. The minimum Gasteiger partial charge on any atom is -0.397 e. The van der Waals surface area contributed by atoms with Gasteiger partial charge in [0.25, 0.3) is 5.91 Å². The Morgan fingerprint density at radius 3 is 2.47 bits per heavy atom. The lowest BCUT2D eigenvalue weighted by Crippen LogP contribution is -2.35. The summed E-state index contributed by atoms with van der Waals surface area (Å²) >= 11 is 5.97. The van der Waals surface area contributed by atoms with Crippen molar-refractivity contribution in [1.82, 2.24) is 4.90 Å². The molecule has 1 aromatic rings. The molecule has 0 aromatic heterocycles. The van der Waals surface area contributed by atoms with E-state index < -0.39 is 0 Å². The highest BCUT2D eigenvalue weighted by Gasteiger charge is 2.20. The summed E-state index contributed by atoms with van der Waals surface area (Å²) in [7, 11) is 0. The number of para-hydroxylation sites is 1. The van der Waals surface area contributed by atoms with E-state index in [0.29, 0.717) is 28.7 Å².